The monoisotopic (exact) mass is 447 g/mol. The van der Waals surface area contributed by atoms with E-state index in [0.717, 1.165) is 11.1 Å². The SMILES string of the molecule is CC[C@@H](C(=O)OC)N(Cc1ccccc1)C1(c2ccccc2)c2ccccc2-c2ccccc21. The lowest BCUT2D eigenvalue weighted by atomic mass is 9.77. The van der Waals surface area contributed by atoms with Crippen LogP contribution in [0.2, 0.25) is 0 Å². The number of rotatable bonds is 7. The van der Waals surface area contributed by atoms with Gasteiger partial charge >= 0.3 is 5.97 Å². The molecule has 0 aliphatic heterocycles. The number of methoxy groups -OCH3 is 1. The molecule has 4 aromatic rings. The van der Waals surface area contributed by atoms with Crippen LogP contribution in [0.4, 0.5) is 0 Å². The van der Waals surface area contributed by atoms with Crippen LogP contribution in [-0.4, -0.2) is 24.0 Å². The van der Waals surface area contributed by atoms with Crippen LogP contribution >= 0.6 is 0 Å². The van der Waals surface area contributed by atoms with Crippen LogP contribution in [0.5, 0.6) is 0 Å². The van der Waals surface area contributed by atoms with Crippen LogP contribution in [0.3, 0.4) is 0 Å². The maximum atomic E-state index is 13.3. The Morgan fingerprint density at radius 3 is 1.79 bits per heavy atom. The van der Waals surface area contributed by atoms with Crippen molar-refractivity contribution >= 4 is 5.97 Å². The molecule has 1 aliphatic carbocycles. The fourth-order valence-electron chi connectivity index (χ4n) is 5.57. The Morgan fingerprint density at radius 2 is 1.26 bits per heavy atom. The van der Waals surface area contributed by atoms with Gasteiger partial charge in [0, 0.05) is 6.54 Å². The summed E-state index contributed by atoms with van der Waals surface area (Å²) in [6.07, 6.45) is 0.637. The second-order valence-electron chi connectivity index (χ2n) is 8.73. The van der Waals surface area contributed by atoms with E-state index >= 15 is 0 Å². The molecule has 0 aromatic heterocycles. The van der Waals surface area contributed by atoms with Gasteiger partial charge in [0.1, 0.15) is 6.04 Å². The highest BCUT2D eigenvalue weighted by atomic mass is 16.5. The normalized spacial score (nSPS) is 14.3. The third-order valence-corrected chi connectivity index (χ3v) is 6.98. The van der Waals surface area contributed by atoms with Gasteiger partial charge in [-0.3, -0.25) is 9.69 Å². The van der Waals surface area contributed by atoms with Crippen molar-refractivity contribution in [1.29, 1.82) is 0 Å². The smallest absolute Gasteiger partial charge is 0.323 e. The number of fused-ring (bicyclic) bond motifs is 3. The first-order chi connectivity index (χ1) is 16.7. The Labute approximate surface area is 201 Å². The molecule has 0 saturated carbocycles. The fraction of sp³-hybridized carbons (Fsp3) is 0.194. The molecule has 0 heterocycles. The lowest BCUT2D eigenvalue weighted by molar-refractivity contribution is -0.149. The predicted octanol–water partition coefficient (Wildman–Crippen LogP) is 6.41. The van der Waals surface area contributed by atoms with Crippen LogP contribution in [-0.2, 0) is 21.6 Å². The molecule has 0 amide bonds. The minimum atomic E-state index is -0.640. The maximum Gasteiger partial charge on any atom is 0.323 e. The number of esters is 1. The number of hydrogen-bond acceptors (Lipinski definition) is 3. The summed E-state index contributed by atoms with van der Waals surface area (Å²) >= 11 is 0. The molecule has 4 aromatic carbocycles. The van der Waals surface area contributed by atoms with Gasteiger partial charge in [-0.25, -0.2) is 0 Å². The van der Waals surface area contributed by atoms with E-state index in [1.54, 1.807) is 0 Å². The first-order valence-electron chi connectivity index (χ1n) is 11.8. The third-order valence-electron chi connectivity index (χ3n) is 6.98. The average Bonchev–Trinajstić information content (AvgIpc) is 3.21. The molecule has 0 N–H and O–H groups in total. The highest BCUT2D eigenvalue weighted by molar-refractivity contribution is 5.84. The molecule has 1 atom stereocenters. The van der Waals surface area contributed by atoms with Crippen molar-refractivity contribution in [3.05, 3.63) is 131 Å². The third kappa shape index (κ3) is 3.44. The minimum absolute atomic E-state index is 0.212. The first kappa shape index (κ1) is 22.1. The number of carbonyl (C=O) groups excluding carboxylic acids is 1. The topological polar surface area (TPSA) is 29.5 Å². The number of benzene rings is 4. The van der Waals surface area contributed by atoms with Crippen molar-refractivity contribution in [1.82, 2.24) is 4.90 Å². The van der Waals surface area contributed by atoms with Gasteiger partial charge in [0.2, 0.25) is 0 Å². The van der Waals surface area contributed by atoms with E-state index in [4.69, 9.17) is 4.74 Å². The second kappa shape index (κ2) is 9.28. The van der Waals surface area contributed by atoms with Crippen LogP contribution in [0, 0.1) is 0 Å². The van der Waals surface area contributed by atoms with Gasteiger partial charge in [-0.15, -0.1) is 0 Å². The highest BCUT2D eigenvalue weighted by Gasteiger charge is 2.52. The zero-order chi connectivity index (χ0) is 23.5. The zero-order valence-corrected chi connectivity index (χ0v) is 19.6. The number of ether oxygens (including phenoxy) is 1. The molecule has 3 heteroatoms. The molecule has 0 fully saturated rings. The summed E-state index contributed by atoms with van der Waals surface area (Å²) in [7, 11) is 1.48. The molecule has 170 valence electrons. The van der Waals surface area contributed by atoms with E-state index in [9.17, 15) is 4.79 Å². The Morgan fingerprint density at radius 1 is 0.765 bits per heavy atom. The van der Waals surface area contributed by atoms with Gasteiger partial charge in [0.05, 0.1) is 12.6 Å². The van der Waals surface area contributed by atoms with Crippen LogP contribution in [0.25, 0.3) is 11.1 Å². The highest BCUT2D eigenvalue weighted by Crippen LogP contribution is 2.55. The van der Waals surface area contributed by atoms with Crippen LogP contribution < -0.4 is 0 Å². The van der Waals surface area contributed by atoms with Crippen molar-refractivity contribution < 1.29 is 9.53 Å². The average molecular weight is 448 g/mol. The van der Waals surface area contributed by atoms with Gasteiger partial charge in [-0.1, -0.05) is 116 Å². The lowest BCUT2D eigenvalue weighted by Crippen LogP contribution is -2.54. The summed E-state index contributed by atoms with van der Waals surface area (Å²) in [5, 5.41) is 0. The summed E-state index contributed by atoms with van der Waals surface area (Å²) in [5.74, 6) is -0.212. The van der Waals surface area contributed by atoms with E-state index in [0.29, 0.717) is 13.0 Å². The molecule has 0 unspecified atom stereocenters. The molecule has 0 spiro atoms. The lowest BCUT2D eigenvalue weighted by Gasteiger charge is -2.46. The maximum absolute atomic E-state index is 13.3. The van der Waals surface area contributed by atoms with Gasteiger partial charge in [-0.2, -0.15) is 0 Å². The fourth-order valence-corrected chi connectivity index (χ4v) is 5.57. The van der Waals surface area contributed by atoms with Gasteiger partial charge < -0.3 is 4.74 Å². The summed E-state index contributed by atoms with van der Waals surface area (Å²) in [6.45, 7) is 2.66. The summed E-state index contributed by atoms with van der Waals surface area (Å²) in [6, 6.07) is 37.7. The van der Waals surface area contributed by atoms with Crippen LogP contribution in [0.1, 0.15) is 35.6 Å². The largest absolute Gasteiger partial charge is 0.468 e. The van der Waals surface area contributed by atoms with E-state index < -0.39 is 11.6 Å². The molecule has 0 radical (unpaired) electrons. The van der Waals surface area contributed by atoms with Crippen LogP contribution in [0.15, 0.2) is 109 Å². The summed E-state index contributed by atoms with van der Waals surface area (Å²) < 4.78 is 5.36. The molecule has 0 saturated heterocycles. The number of nitrogens with zero attached hydrogens (tertiary/aromatic N) is 1. The number of carbonyl (C=O) groups is 1. The van der Waals surface area contributed by atoms with Crippen molar-refractivity contribution in [2.24, 2.45) is 0 Å². The Balaban J connectivity index is 1.87. The molecular weight excluding hydrogens is 418 g/mol. The van der Waals surface area contributed by atoms with E-state index in [2.05, 4.69) is 109 Å². The molecule has 3 nitrogen and oxygen atoms in total. The summed E-state index contributed by atoms with van der Waals surface area (Å²) in [4.78, 5) is 15.6. The quantitative estimate of drug-likeness (QED) is 0.307. The Hall–Kier alpha value is -3.69. The Kier molecular flexibility index (Phi) is 6.04. The van der Waals surface area contributed by atoms with E-state index in [-0.39, 0.29) is 5.97 Å². The summed E-state index contributed by atoms with van der Waals surface area (Å²) in [5.41, 5.74) is 6.47. The number of hydrogen-bond donors (Lipinski definition) is 0. The predicted molar refractivity (Wildman–Crippen MR) is 136 cm³/mol. The van der Waals surface area contributed by atoms with Crippen molar-refractivity contribution in [2.75, 3.05) is 7.11 Å². The molecule has 34 heavy (non-hydrogen) atoms. The second-order valence-corrected chi connectivity index (χ2v) is 8.73. The van der Waals surface area contributed by atoms with Gasteiger partial charge in [-0.05, 0) is 39.8 Å². The van der Waals surface area contributed by atoms with Crippen molar-refractivity contribution in [2.45, 2.75) is 31.5 Å². The van der Waals surface area contributed by atoms with Crippen molar-refractivity contribution in [3.63, 3.8) is 0 Å². The zero-order valence-electron chi connectivity index (χ0n) is 19.6. The minimum Gasteiger partial charge on any atom is -0.468 e. The molecule has 1 aliphatic rings. The van der Waals surface area contributed by atoms with E-state index in [1.807, 2.05) is 12.1 Å². The standard InChI is InChI=1S/C31H29NO2/c1-3-29(30(33)34-2)32(22-23-14-6-4-7-15-23)31(24-16-8-5-9-17-24)27-20-12-10-18-25(27)26-19-11-13-21-28(26)31/h4-21,29H,3,22H2,1-2H3/t29-/m0/s1. The molecular formula is C31H29NO2. The Bertz CT molecular complexity index is 1240. The molecule has 0 bridgehead atoms. The molecule has 5 rings (SSSR count). The van der Waals surface area contributed by atoms with E-state index in [1.165, 1.54) is 29.4 Å². The van der Waals surface area contributed by atoms with Gasteiger partial charge in [0.25, 0.3) is 0 Å². The first-order valence-corrected chi connectivity index (χ1v) is 11.8. The van der Waals surface area contributed by atoms with Crippen molar-refractivity contribution in [3.8, 4) is 11.1 Å². The van der Waals surface area contributed by atoms with Gasteiger partial charge in [0.15, 0.2) is 0 Å².